The van der Waals surface area contributed by atoms with E-state index in [1.807, 2.05) is 0 Å². The Morgan fingerprint density at radius 2 is 1.45 bits per heavy atom. The average Bonchev–Trinajstić information content (AvgIpc) is 2.83. The van der Waals surface area contributed by atoms with E-state index >= 15 is 0 Å². The lowest BCUT2D eigenvalue weighted by atomic mass is 9.91. The summed E-state index contributed by atoms with van der Waals surface area (Å²) in [5.74, 6) is -1.43. The van der Waals surface area contributed by atoms with Crippen LogP contribution in [0.2, 0.25) is 0 Å². The van der Waals surface area contributed by atoms with Gasteiger partial charge in [0.05, 0.1) is 12.7 Å². The number of ether oxygens (including phenoxy) is 1. The Labute approximate surface area is 189 Å². The van der Waals surface area contributed by atoms with E-state index in [0.717, 1.165) is 0 Å². The topological polar surface area (TPSA) is 148 Å². The highest BCUT2D eigenvalue weighted by Crippen LogP contribution is 2.28. The maximum Gasteiger partial charge on any atom is 0.251 e. The van der Waals surface area contributed by atoms with Gasteiger partial charge in [0, 0.05) is 31.6 Å². The summed E-state index contributed by atoms with van der Waals surface area (Å²) in [6.07, 6.45) is -6.74. The largest absolute Gasteiger partial charge is 0.394 e. The summed E-state index contributed by atoms with van der Waals surface area (Å²) < 4.78 is 20.4. The second-order valence-electron chi connectivity index (χ2n) is 7.83. The maximum absolute atomic E-state index is 15.0. The fourth-order valence-corrected chi connectivity index (χ4v) is 3.80. The van der Waals surface area contributed by atoms with E-state index in [9.17, 15) is 34.4 Å². The molecular formula is C23H27FN2O7. The van der Waals surface area contributed by atoms with Gasteiger partial charge < -0.3 is 35.8 Å². The molecule has 0 bridgehead atoms. The highest BCUT2D eigenvalue weighted by Gasteiger charge is 2.43. The van der Waals surface area contributed by atoms with Crippen LogP contribution in [-0.2, 0) is 11.2 Å². The third-order valence-corrected chi connectivity index (χ3v) is 5.71. The van der Waals surface area contributed by atoms with Gasteiger partial charge >= 0.3 is 0 Å². The summed E-state index contributed by atoms with van der Waals surface area (Å²) in [7, 11) is 2.92. The molecule has 33 heavy (non-hydrogen) atoms. The van der Waals surface area contributed by atoms with Gasteiger partial charge in [0.15, 0.2) is 0 Å². The van der Waals surface area contributed by atoms with Gasteiger partial charge in [0.25, 0.3) is 11.8 Å². The second-order valence-corrected chi connectivity index (χ2v) is 7.83. The molecule has 0 aromatic heterocycles. The van der Waals surface area contributed by atoms with Crippen molar-refractivity contribution in [1.29, 1.82) is 0 Å². The number of aliphatic hydroxyl groups excluding tert-OH is 4. The van der Waals surface area contributed by atoms with Crippen molar-refractivity contribution in [2.75, 3.05) is 20.7 Å². The maximum atomic E-state index is 15.0. The molecule has 6 N–H and O–H groups in total. The van der Waals surface area contributed by atoms with E-state index < -0.39 is 54.8 Å². The Bertz CT molecular complexity index is 996. The molecule has 178 valence electrons. The molecule has 2 aromatic rings. The molecule has 1 fully saturated rings. The summed E-state index contributed by atoms with van der Waals surface area (Å²) in [5, 5.41) is 44.3. The fraction of sp³-hybridized carbons (Fsp3) is 0.391. The molecule has 3 rings (SSSR count). The van der Waals surface area contributed by atoms with Crippen molar-refractivity contribution in [1.82, 2.24) is 10.6 Å². The van der Waals surface area contributed by atoms with Crippen LogP contribution in [0.5, 0.6) is 0 Å². The van der Waals surface area contributed by atoms with Crippen LogP contribution in [-0.4, -0.2) is 83.5 Å². The molecule has 0 spiro atoms. The molecule has 9 nitrogen and oxygen atoms in total. The predicted octanol–water partition coefficient (Wildman–Crippen LogP) is -0.403. The van der Waals surface area contributed by atoms with Crippen LogP contribution in [0.25, 0.3) is 11.1 Å². The number of aliphatic hydroxyl groups is 4. The Kier molecular flexibility index (Phi) is 7.77. The Hall–Kier alpha value is -2.89. The first kappa shape index (κ1) is 24.7. The third-order valence-electron chi connectivity index (χ3n) is 5.71. The summed E-state index contributed by atoms with van der Waals surface area (Å²) in [4.78, 5) is 24.2. The van der Waals surface area contributed by atoms with Crippen LogP contribution in [0.1, 0.15) is 26.3 Å². The zero-order valence-electron chi connectivity index (χ0n) is 18.2. The molecule has 0 aliphatic carbocycles. The second kappa shape index (κ2) is 10.4. The fourth-order valence-electron chi connectivity index (χ4n) is 3.80. The lowest BCUT2D eigenvalue weighted by Gasteiger charge is -2.40. The van der Waals surface area contributed by atoms with Crippen molar-refractivity contribution < 1.29 is 39.1 Å². The third kappa shape index (κ3) is 5.21. The highest BCUT2D eigenvalue weighted by atomic mass is 19.1. The predicted molar refractivity (Wildman–Crippen MR) is 116 cm³/mol. The monoisotopic (exact) mass is 462 g/mol. The number of carbonyl (C=O) groups is 2. The minimum Gasteiger partial charge on any atom is -0.394 e. The van der Waals surface area contributed by atoms with Crippen LogP contribution in [0.15, 0.2) is 36.4 Å². The lowest BCUT2D eigenvalue weighted by molar-refractivity contribution is -0.228. The SMILES string of the molecule is CNC(=O)c1cc(C(=O)NC)cc(-c2ccc(C[C@H]3O[C@H](CO)[C@@H](O)[C@H](O)[C@@H]3O)c(F)c2)c1. The number of rotatable bonds is 6. The minimum atomic E-state index is -1.54. The molecule has 1 aliphatic heterocycles. The highest BCUT2D eigenvalue weighted by molar-refractivity contribution is 6.01. The summed E-state index contributed by atoms with van der Waals surface area (Å²) in [6, 6.07) is 8.81. The lowest BCUT2D eigenvalue weighted by Crippen LogP contribution is -2.59. The van der Waals surface area contributed by atoms with Gasteiger partial charge in [0.2, 0.25) is 0 Å². The first-order chi connectivity index (χ1) is 15.7. The van der Waals surface area contributed by atoms with Crippen LogP contribution in [0.4, 0.5) is 4.39 Å². The molecule has 5 atom stereocenters. The normalized spacial score (nSPS) is 24.9. The van der Waals surface area contributed by atoms with E-state index in [1.165, 1.54) is 44.4 Å². The summed E-state index contributed by atoms with van der Waals surface area (Å²) >= 11 is 0. The zero-order valence-corrected chi connectivity index (χ0v) is 18.2. The minimum absolute atomic E-state index is 0.116. The zero-order chi connectivity index (χ0) is 24.3. The van der Waals surface area contributed by atoms with Gasteiger partial charge in [-0.3, -0.25) is 9.59 Å². The van der Waals surface area contributed by atoms with Crippen LogP contribution < -0.4 is 10.6 Å². The van der Waals surface area contributed by atoms with Gasteiger partial charge in [-0.25, -0.2) is 4.39 Å². The van der Waals surface area contributed by atoms with Crippen LogP contribution >= 0.6 is 0 Å². The quantitative estimate of drug-likeness (QED) is 0.342. The number of halogens is 1. The molecule has 0 unspecified atom stereocenters. The molecule has 0 saturated carbocycles. The summed E-state index contributed by atoms with van der Waals surface area (Å²) in [5.41, 5.74) is 1.52. The van der Waals surface area contributed by atoms with Crippen molar-refractivity contribution in [3.8, 4) is 11.1 Å². The standard InChI is InChI=1S/C23H27FN2O7/c1-25-22(31)14-5-13(6-15(7-14)23(32)26-2)11-3-4-12(16(24)8-11)9-17-19(28)21(30)20(29)18(10-27)33-17/h3-8,17-21,27-30H,9-10H2,1-2H3,(H,25,31)(H,26,32)/t17-,18-,19-,20-,21-/m1/s1. The van der Waals surface area contributed by atoms with Crippen LogP contribution in [0, 0.1) is 5.82 Å². The van der Waals surface area contributed by atoms with Gasteiger partial charge in [-0.1, -0.05) is 12.1 Å². The Morgan fingerprint density at radius 1 is 0.879 bits per heavy atom. The van der Waals surface area contributed by atoms with E-state index in [2.05, 4.69) is 10.6 Å². The Morgan fingerprint density at radius 3 is 1.97 bits per heavy atom. The first-order valence-electron chi connectivity index (χ1n) is 10.4. The number of benzene rings is 2. The molecule has 0 radical (unpaired) electrons. The number of hydrogen-bond donors (Lipinski definition) is 6. The van der Waals surface area contributed by atoms with Crippen molar-refractivity contribution in [3.63, 3.8) is 0 Å². The molecular weight excluding hydrogens is 435 g/mol. The van der Waals surface area contributed by atoms with E-state index in [1.54, 1.807) is 6.07 Å². The van der Waals surface area contributed by atoms with Crippen molar-refractivity contribution in [2.24, 2.45) is 0 Å². The number of carbonyl (C=O) groups excluding carboxylic acids is 2. The van der Waals surface area contributed by atoms with Crippen molar-refractivity contribution >= 4 is 11.8 Å². The Balaban J connectivity index is 1.90. The van der Waals surface area contributed by atoms with E-state index in [4.69, 9.17) is 4.74 Å². The average molecular weight is 462 g/mol. The van der Waals surface area contributed by atoms with Gasteiger partial charge in [0.1, 0.15) is 30.2 Å². The van der Waals surface area contributed by atoms with E-state index in [0.29, 0.717) is 11.1 Å². The molecule has 1 aliphatic rings. The molecule has 1 saturated heterocycles. The number of nitrogens with one attached hydrogen (secondary N) is 2. The van der Waals surface area contributed by atoms with Crippen molar-refractivity contribution in [2.45, 2.75) is 36.9 Å². The molecule has 1 heterocycles. The van der Waals surface area contributed by atoms with E-state index in [-0.39, 0.29) is 23.1 Å². The smallest absolute Gasteiger partial charge is 0.251 e. The van der Waals surface area contributed by atoms with Crippen LogP contribution in [0.3, 0.4) is 0 Å². The molecule has 10 heteroatoms. The molecule has 2 aromatic carbocycles. The number of amides is 2. The van der Waals surface area contributed by atoms with Gasteiger partial charge in [-0.2, -0.15) is 0 Å². The molecule has 2 amide bonds. The van der Waals surface area contributed by atoms with Crippen molar-refractivity contribution in [3.05, 3.63) is 58.9 Å². The number of hydrogen-bond acceptors (Lipinski definition) is 7. The first-order valence-corrected chi connectivity index (χ1v) is 10.4. The summed E-state index contributed by atoms with van der Waals surface area (Å²) in [6.45, 7) is -0.571. The van der Waals surface area contributed by atoms with Gasteiger partial charge in [-0.05, 0) is 41.0 Å². The van der Waals surface area contributed by atoms with Gasteiger partial charge in [-0.15, -0.1) is 0 Å².